The molecule has 102 valence electrons. The molecule has 0 saturated heterocycles. The second-order valence-corrected chi connectivity index (χ2v) is 6.57. The van der Waals surface area contributed by atoms with Crippen molar-refractivity contribution in [3.63, 3.8) is 0 Å². The third-order valence-corrected chi connectivity index (χ3v) is 5.03. The van der Waals surface area contributed by atoms with Crippen LogP contribution in [0, 0.1) is 13.8 Å². The van der Waals surface area contributed by atoms with Crippen LogP contribution in [-0.4, -0.2) is 17.8 Å². The fraction of sp³-hybridized carbons (Fsp3) is 0.400. The smallest absolute Gasteiger partial charge is 0.115 e. The highest BCUT2D eigenvalue weighted by Gasteiger charge is 2.17. The standard InChI is InChI=1S/C15H20N2S2/c1-5-16-14(15-17-10(2)11(3)19-15)12-6-8-13(18-4)9-7-12/h6-9,14,16H,5H2,1-4H3. The molecule has 2 aromatic rings. The summed E-state index contributed by atoms with van der Waals surface area (Å²) in [6, 6.07) is 8.96. The van der Waals surface area contributed by atoms with E-state index in [4.69, 9.17) is 4.98 Å². The molecule has 0 aliphatic heterocycles. The lowest BCUT2D eigenvalue weighted by Gasteiger charge is -2.16. The van der Waals surface area contributed by atoms with E-state index in [0.717, 1.165) is 17.2 Å². The Morgan fingerprint density at radius 1 is 1.26 bits per heavy atom. The average Bonchev–Trinajstić information content (AvgIpc) is 2.76. The van der Waals surface area contributed by atoms with Crippen molar-refractivity contribution in [3.05, 3.63) is 45.4 Å². The monoisotopic (exact) mass is 292 g/mol. The fourth-order valence-corrected chi connectivity index (χ4v) is 3.40. The average molecular weight is 292 g/mol. The van der Waals surface area contributed by atoms with Crippen molar-refractivity contribution in [1.82, 2.24) is 10.3 Å². The molecule has 0 saturated carbocycles. The Labute approximate surface area is 123 Å². The molecule has 1 aromatic heterocycles. The van der Waals surface area contributed by atoms with Crippen LogP contribution < -0.4 is 5.32 Å². The number of benzene rings is 1. The summed E-state index contributed by atoms with van der Waals surface area (Å²) in [5.41, 5.74) is 2.43. The summed E-state index contributed by atoms with van der Waals surface area (Å²) in [6.07, 6.45) is 2.10. The van der Waals surface area contributed by atoms with Crippen molar-refractivity contribution < 1.29 is 0 Å². The largest absolute Gasteiger partial charge is 0.305 e. The van der Waals surface area contributed by atoms with E-state index in [1.54, 1.807) is 23.1 Å². The summed E-state index contributed by atoms with van der Waals surface area (Å²) in [5, 5.41) is 4.70. The minimum Gasteiger partial charge on any atom is -0.305 e. The molecule has 0 radical (unpaired) electrons. The summed E-state index contributed by atoms with van der Waals surface area (Å²) in [4.78, 5) is 7.30. The second kappa shape index (κ2) is 6.55. The number of aryl methyl sites for hydroxylation is 2. The predicted octanol–water partition coefficient (Wildman–Crippen LogP) is 4.18. The van der Waals surface area contributed by atoms with Crippen molar-refractivity contribution in [3.8, 4) is 0 Å². The fourth-order valence-electron chi connectivity index (χ4n) is 1.97. The van der Waals surface area contributed by atoms with Gasteiger partial charge in [0.2, 0.25) is 0 Å². The van der Waals surface area contributed by atoms with Crippen molar-refractivity contribution in [2.45, 2.75) is 31.7 Å². The van der Waals surface area contributed by atoms with Gasteiger partial charge >= 0.3 is 0 Å². The third kappa shape index (κ3) is 3.38. The van der Waals surface area contributed by atoms with Gasteiger partial charge in [-0.15, -0.1) is 23.1 Å². The zero-order chi connectivity index (χ0) is 13.8. The van der Waals surface area contributed by atoms with E-state index < -0.39 is 0 Å². The van der Waals surface area contributed by atoms with Crippen LogP contribution in [0.3, 0.4) is 0 Å². The Kier molecular flexibility index (Phi) is 5.02. The van der Waals surface area contributed by atoms with Crippen LogP contribution in [0.4, 0.5) is 0 Å². The summed E-state index contributed by atoms with van der Waals surface area (Å²) in [5.74, 6) is 0. The van der Waals surface area contributed by atoms with Crippen LogP contribution >= 0.6 is 23.1 Å². The molecule has 1 aromatic carbocycles. The lowest BCUT2D eigenvalue weighted by Crippen LogP contribution is -2.21. The molecule has 0 spiro atoms. The maximum absolute atomic E-state index is 4.70. The lowest BCUT2D eigenvalue weighted by atomic mass is 10.1. The molecule has 2 nitrogen and oxygen atoms in total. The molecule has 0 aliphatic carbocycles. The van der Waals surface area contributed by atoms with Crippen LogP contribution in [0.1, 0.15) is 34.1 Å². The van der Waals surface area contributed by atoms with E-state index in [0.29, 0.717) is 0 Å². The molecule has 19 heavy (non-hydrogen) atoms. The highest BCUT2D eigenvalue weighted by Crippen LogP contribution is 2.29. The predicted molar refractivity (Wildman–Crippen MR) is 85.3 cm³/mol. The highest BCUT2D eigenvalue weighted by molar-refractivity contribution is 7.98. The number of hydrogen-bond acceptors (Lipinski definition) is 4. The van der Waals surface area contributed by atoms with E-state index in [-0.39, 0.29) is 6.04 Å². The van der Waals surface area contributed by atoms with E-state index in [1.165, 1.54) is 15.3 Å². The van der Waals surface area contributed by atoms with Gasteiger partial charge in [0.15, 0.2) is 0 Å². The maximum Gasteiger partial charge on any atom is 0.115 e. The quantitative estimate of drug-likeness (QED) is 0.837. The summed E-state index contributed by atoms with van der Waals surface area (Å²) in [7, 11) is 0. The van der Waals surface area contributed by atoms with Crippen LogP contribution in [0.2, 0.25) is 0 Å². The van der Waals surface area contributed by atoms with Gasteiger partial charge in [0, 0.05) is 9.77 Å². The summed E-state index contributed by atoms with van der Waals surface area (Å²) < 4.78 is 0. The van der Waals surface area contributed by atoms with Gasteiger partial charge < -0.3 is 5.32 Å². The van der Waals surface area contributed by atoms with Gasteiger partial charge in [-0.3, -0.25) is 0 Å². The first-order chi connectivity index (χ1) is 9.15. The summed E-state index contributed by atoms with van der Waals surface area (Å²) in [6.45, 7) is 7.29. The zero-order valence-electron chi connectivity index (χ0n) is 11.9. The number of hydrogen-bond donors (Lipinski definition) is 1. The topological polar surface area (TPSA) is 24.9 Å². The Morgan fingerprint density at radius 2 is 1.95 bits per heavy atom. The molecule has 1 N–H and O–H groups in total. The first-order valence-corrected chi connectivity index (χ1v) is 8.51. The van der Waals surface area contributed by atoms with Gasteiger partial charge in [0.1, 0.15) is 5.01 Å². The van der Waals surface area contributed by atoms with Crippen molar-refractivity contribution in [2.75, 3.05) is 12.8 Å². The third-order valence-electron chi connectivity index (χ3n) is 3.15. The Balaban J connectivity index is 2.33. The molecule has 0 aliphatic rings. The number of rotatable bonds is 5. The van der Waals surface area contributed by atoms with E-state index in [9.17, 15) is 0 Å². The van der Waals surface area contributed by atoms with E-state index in [2.05, 4.69) is 56.6 Å². The Bertz CT molecular complexity index is 512. The molecular formula is C15H20N2S2. The Morgan fingerprint density at radius 3 is 2.42 bits per heavy atom. The molecule has 0 amide bonds. The molecule has 0 bridgehead atoms. The minimum absolute atomic E-state index is 0.207. The van der Waals surface area contributed by atoms with Crippen molar-refractivity contribution in [2.24, 2.45) is 0 Å². The van der Waals surface area contributed by atoms with Gasteiger partial charge in [0.25, 0.3) is 0 Å². The van der Waals surface area contributed by atoms with Crippen LogP contribution in [0.15, 0.2) is 29.2 Å². The zero-order valence-corrected chi connectivity index (χ0v) is 13.5. The molecule has 1 atom stereocenters. The molecule has 4 heteroatoms. The van der Waals surface area contributed by atoms with Crippen molar-refractivity contribution >= 4 is 23.1 Å². The molecular weight excluding hydrogens is 272 g/mol. The number of nitrogens with one attached hydrogen (secondary N) is 1. The number of thioether (sulfide) groups is 1. The lowest BCUT2D eigenvalue weighted by molar-refractivity contribution is 0.626. The SMILES string of the molecule is CCNC(c1ccc(SC)cc1)c1nc(C)c(C)s1. The Hall–Kier alpha value is -0.840. The van der Waals surface area contributed by atoms with Gasteiger partial charge in [0.05, 0.1) is 11.7 Å². The van der Waals surface area contributed by atoms with Gasteiger partial charge in [-0.2, -0.15) is 0 Å². The summed E-state index contributed by atoms with van der Waals surface area (Å²) >= 11 is 3.56. The first kappa shape index (κ1) is 14.6. The molecule has 2 rings (SSSR count). The van der Waals surface area contributed by atoms with Gasteiger partial charge in [-0.05, 0) is 44.3 Å². The molecule has 0 fully saturated rings. The minimum atomic E-state index is 0.207. The number of aromatic nitrogens is 1. The first-order valence-electron chi connectivity index (χ1n) is 6.47. The van der Waals surface area contributed by atoms with E-state index in [1.807, 2.05) is 0 Å². The van der Waals surface area contributed by atoms with Crippen LogP contribution in [0.5, 0.6) is 0 Å². The van der Waals surface area contributed by atoms with Crippen LogP contribution in [-0.2, 0) is 0 Å². The highest BCUT2D eigenvalue weighted by atomic mass is 32.2. The normalized spacial score (nSPS) is 12.6. The van der Waals surface area contributed by atoms with Crippen molar-refractivity contribution in [1.29, 1.82) is 0 Å². The number of nitrogens with zero attached hydrogens (tertiary/aromatic N) is 1. The molecule has 1 unspecified atom stereocenters. The van der Waals surface area contributed by atoms with Gasteiger partial charge in [-0.25, -0.2) is 4.98 Å². The maximum atomic E-state index is 4.70. The number of thiazole rings is 1. The van der Waals surface area contributed by atoms with Crippen LogP contribution in [0.25, 0.3) is 0 Å². The van der Waals surface area contributed by atoms with Gasteiger partial charge in [-0.1, -0.05) is 19.1 Å². The molecule has 1 heterocycles. The second-order valence-electron chi connectivity index (χ2n) is 4.46. The van der Waals surface area contributed by atoms with E-state index >= 15 is 0 Å².